The van der Waals surface area contributed by atoms with Crippen LogP contribution >= 0.6 is 0 Å². The number of aliphatic carboxylic acids is 2. The van der Waals surface area contributed by atoms with Crippen molar-refractivity contribution in [2.45, 2.75) is 63.7 Å². The largest absolute Gasteiger partial charge is 0.481 e. The topological polar surface area (TPSA) is 217 Å². The highest BCUT2D eigenvalue weighted by molar-refractivity contribution is 5.95. The number of nitrogens with two attached hydrogens (primary N) is 1. The van der Waals surface area contributed by atoms with Crippen LogP contribution < -0.4 is 21.7 Å². The first-order valence-corrected chi connectivity index (χ1v) is 12.1. The normalized spacial score (nSPS) is 14.8. The molecule has 0 fully saturated rings. The van der Waals surface area contributed by atoms with Gasteiger partial charge in [0.25, 0.3) is 0 Å². The number of carbonyl (C=O) groups is 5. The maximum absolute atomic E-state index is 13.4. The number of hydrogen-bond acceptors (Lipinski definition) is 7. The number of aromatic nitrogens is 2. The van der Waals surface area contributed by atoms with Crippen LogP contribution in [0.25, 0.3) is 0 Å². The number of amides is 3. The van der Waals surface area contributed by atoms with Gasteiger partial charge in [-0.2, -0.15) is 0 Å². The minimum absolute atomic E-state index is 0.0151. The van der Waals surface area contributed by atoms with E-state index in [-0.39, 0.29) is 18.8 Å². The van der Waals surface area contributed by atoms with Gasteiger partial charge in [0.15, 0.2) is 0 Å². The zero-order valence-corrected chi connectivity index (χ0v) is 21.2. The summed E-state index contributed by atoms with van der Waals surface area (Å²) in [5, 5.41) is 25.7. The second-order valence-electron chi connectivity index (χ2n) is 9.00. The summed E-state index contributed by atoms with van der Waals surface area (Å²) in [7, 11) is 0. The van der Waals surface area contributed by atoms with E-state index in [1.54, 1.807) is 30.3 Å². The molecular weight excluding hydrogens is 496 g/mol. The molecule has 5 atom stereocenters. The van der Waals surface area contributed by atoms with Gasteiger partial charge >= 0.3 is 11.9 Å². The van der Waals surface area contributed by atoms with Crippen LogP contribution in [-0.4, -0.2) is 74.0 Å². The summed E-state index contributed by atoms with van der Waals surface area (Å²) in [6.45, 7) is 3.69. The number of carboxylic acids is 2. The Morgan fingerprint density at radius 3 is 2.03 bits per heavy atom. The van der Waals surface area contributed by atoms with Crippen LogP contribution in [0.5, 0.6) is 0 Å². The Morgan fingerprint density at radius 1 is 0.921 bits per heavy atom. The van der Waals surface area contributed by atoms with E-state index >= 15 is 0 Å². The van der Waals surface area contributed by atoms with Crippen LogP contribution in [0.2, 0.25) is 0 Å². The van der Waals surface area contributed by atoms with Gasteiger partial charge < -0.3 is 36.9 Å². The van der Waals surface area contributed by atoms with Gasteiger partial charge in [0, 0.05) is 24.7 Å². The Kier molecular flexibility index (Phi) is 11.4. The first kappa shape index (κ1) is 30.0. The number of nitrogens with one attached hydrogen (secondary N) is 4. The molecule has 1 heterocycles. The predicted molar refractivity (Wildman–Crippen MR) is 136 cm³/mol. The van der Waals surface area contributed by atoms with Gasteiger partial charge in [-0.25, -0.2) is 9.78 Å². The summed E-state index contributed by atoms with van der Waals surface area (Å²) in [5.74, 6) is -5.25. The average Bonchev–Trinajstić information content (AvgIpc) is 3.39. The van der Waals surface area contributed by atoms with Gasteiger partial charge in [-0.3, -0.25) is 19.2 Å². The van der Waals surface area contributed by atoms with Crippen molar-refractivity contribution in [2.24, 2.45) is 11.7 Å². The van der Waals surface area contributed by atoms with Gasteiger partial charge in [0.1, 0.15) is 18.1 Å². The third kappa shape index (κ3) is 9.32. The SMILES string of the molecule is CCC(C)C(N)C(=O)NC(Cc1cnc[nH]1)C(=O)NC(Cc1ccccc1)C(=O)NC(CC(=O)O)C(=O)O. The average molecular weight is 531 g/mol. The van der Waals surface area contributed by atoms with Crippen molar-refractivity contribution < 1.29 is 34.2 Å². The summed E-state index contributed by atoms with van der Waals surface area (Å²) >= 11 is 0. The van der Waals surface area contributed by atoms with Crippen LogP contribution in [0, 0.1) is 5.92 Å². The smallest absolute Gasteiger partial charge is 0.326 e. The molecule has 1 aromatic heterocycles. The fourth-order valence-electron chi connectivity index (χ4n) is 3.58. The maximum Gasteiger partial charge on any atom is 0.326 e. The lowest BCUT2D eigenvalue weighted by molar-refractivity contribution is -0.147. The zero-order valence-electron chi connectivity index (χ0n) is 21.2. The molecule has 0 saturated heterocycles. The number of benzene rings is 1. The Morgan fingerprint density at radius 2 is 1.50 bits per heavy atom. The minimum Gasteiger partial charge on any atom is -0.481 e. The highest BCUT2D eigenvalue weighted by atomic mass is 16.4. The summed E-state index contributed by atoms with van der Waals surface area (Å²) < 4.78 is 0. The first-order valence-electron chi connectivity index (χ1n) is 12.1. The molecule has 3 amide bonds. The predicted octanol–water partition coefficient (Wildman–Crippen LogP) is -0.418. The minimum atomic E-state index is -1.70. The summed E-state index contributed by atoms with van der Waals surface area (Å²) in [6, 6.07) is 3.67. The van der Waals surface area contributed by atoms with E-state index in [1.165, 1.54) is 12.5 Å². The second-order valence-corrected chi connectivity index (χ2v) is 9.00. The highest BCUT2D eigenvalue weighted by Crippen LogP contribution is 2.09. The molecule has 0 aliphatic carbocycles. The van der Waals surface area contributed by atoms with E-state index in [9.17, 15) is 29.1 Å². The number of carbonyl (C=O) groups excluding carboxylic acids is 3. The number of rotatable bonds is 15. The molecule has 0 bridgehead atoms. The number of H-pyrrole nitrogens is 1. The van der Waals surface area contributed by atoms with Crippen molar-refractivity contribution in [3.63, 3.8) is 0 Å². The molecule has 0 saturated carbocycles. The fraction of sp³-hybridized carbons (Fsp3) is 0.440. The molecule has 13 heteroatoms. The summed E-state index contributed by atoms with van der Waals surface area (Å²) in [5.41, 5.74) is 7.24. The van der Waals surface area contributed by atoms with E-state index in [0.717, 1.165) is 0 Å². The molecule has 2 aromatic rings. The van der Waals surface area contributed by atoms with Crippen LogP contribution in [0.15, 0.2) is 42.9 Å². The Hall–Kier alpha value is -4.26. The Labute approximate surface area is 219 Å². The summed E-state index contributed by atoms with van der Waals surface area (Å²) in [4.78, 5) is 68.6. The van der Waals surface area contributed by atoms with Crippen molar-refractivity contribution in [2.75, 3.05) is 0 Å². The molecule has 2 rings (SSSR count). The molecule has 0 spiro atoms. The van der Waals surface area contributed by atoms with Gasteiger partial charge in [0.2, 0.25) is 17.7 Å². The molecule has 38 heavy (non-hydrogen) atoms. The van der Waals surface area contributed by atoms with E-state index in [0.29, 0.717) is 17.7 Å². The Balaban J connectivity index is 2.29. The summed E-state index contributed by atoms with van der Waals surface area (Å²) in [6.07, 6.45) is 2.69. The lowest BCUT2D eigenvalue weighted by Crippen LogP contribution is -2.58. The third-order valence-corrected chi connectivity index (χ3v) is 6.08. The lowest BCUT2D eigenvalue weighted by Gasteiger charge is -2.26. The van der Waals surface area contributed by atoms with Crippen molar-refractivity contribution in [1.29, 1.82) is 0 Å². The number of hydrogen-bond donors (Lipinski definition) is 7. The van der Waals surface area contributed by atoms with Crippen LogP contribution in [-0.2, 0) is 36.8 Å². The monoisotopic (exact) mass is 530 g/mol. The van der Waals surface area contributed by atoms with Crippen molar-refractivity contribution in [3.8, 4) is 0 Å². The lowest BCUT2D eigenvalue weighted by atomic mass is 9.98. The molecule has 206 valence electrons. The van der Waals surface area contributed by atoms with Gasteiger partial charge in [-0.1, -0.05) is 50.6 Å². The van der Waals surface area contributed by atoms with Crippen molar-refractivity contribution in [3.05, 3.63) is 54.1 Å². The number of carboxylic acid groups (broad SMARTS) is 2. The first-order chi connectivity index (χ1) is 18.0. The number of aromatic amines is 1. The highest BCUT2D eigenvalue weighted by Gasteiger charge is 2.32. The van der Waals surface area contributed by atoms with E-state index < -0.39 is 60.2 Å². The van der Waals surface area contributed by atoms with Gasteiger partial charge in [-0.15, -0.1) is 0 Å². The fourth-order valence-corrected chi connectivity index (χ4v) is 3.58. The van der Waals surface area contributed by atoms with E-state index in [4.69, 9.17) is 10.8 Å². The molecular formula is C25H34N6O7. The number of imidazole rings is 1. The molecule has 8 N–H and O–H groups in total. The Bertz CT molecular complexity index is 1090. The molecule has 13 nitrogen and oxygen atoms in total. The molecule has 0 aliphatic heterocycles. The van der Waals surface area contributed by atoms with Crippen LogP contribution in [0.1, 0.15) is 37.9 Å². The second kappa shape index (κ2) is 14.5. The van der Waals surface area contributed by atoms with Crippen molar-refractivity contribution in [1.82, 2.24) is 25.9 Å². The third-order valence-electron chi connectivity index (χ3n) is 6.08. The standard InChI is InChI=1S/C25H34N6O7/c1-3-14(2)21(26)24(36)30-18(10-16-12-27-13-28-16)23(35)29-17(9-15-7-5-4-6-8-15)22(34)31-19(25(37)38)11-20(32)33/h4-8,12-14,17-19,21H,3,9-11,26H2,1-2H3,(H,27,28)(H,29,35)(H,30,36)(H,31,34)(H,32,33)(H,37,38). The van der Waals surface area contributed by atoms with Crippen LogP contribution in [0.4, 0.5) is 0 Å². The van der Waals surface area contributed by atoms with E-state index in [2.05, 4.69) is 25.9 Å². The van der Waals surface area contributed by atoms with Gasteiger partial charge in [-0.05, 0) is 11.5 Å². The molecule has 1 aromatic carbocycles. The maximum atomic E-state index is 13.4. The van der Waals surface area contributed by atoms with Crippen LogP contribution in [0.3, 0.4) is 0 Å². The molecule has 5 unspecified atom stereocenters. The van der Waals surface area contributed by atoms with Gasteiger partial charge in [0.05, 0.1) is 18.8 Å². The zero-order chi connectivity index (χ0) is 28.2. The number of nitrogens with zero attached hydrogens (tertiary/aromatic N) is 1. The molecule has 0 radical (unpaired) electrons. The van der Waals surface area contributed by atoms with E-state index in [1.807, 2.05) is 13.8 Å². The molecule has 0 aliphatic rings. The quantitative estimate of drug-likeness (QED) is 0.159. The van der Waals surface area contributed by atoms with Crippen molar-refractivity contribution >= 4 is 29.7 Å².